The predicted molar refractivity (Wildman–Crippen MR) is 141 cm³/mol. The third kappa shape index (κ3) is 8.67. The molecule has 1 aliphatic heterocycles. The topological polar surface area (TPSA) is 75.2 Å². The first-order valence-electron chi connectivity index (χ1n) is 11.7. The monoisotopic (exact) mass is 560 g/mol. The Morgan fingerprint density at radius 2 is 1.78 bits per heavy atom. The number of hydrogen-bond acceptors (Lipinski definition) is 4. The highest BCUT2D eigenvalue weighted by atomic mass is 127. The van der Waals surface area contributed by atoms with Crippen LogP contribution < -0.4 is 20.1 Å². The molecule has 0 bridgehead atoms. The van der Waals surface area contributed by atoms with Gasteiger partial charge in [0.15, 0.2) is 17.5 Å². The van der Waals surface area contributed by atoms with Crippen LogP contribution in [0.25, 0.3) is 0 Å². The first-order valence-corrected chi connectivity index (χ1v) is 11.7. The highest BCUT2D eigenvalue weighted by Gasteiger charge is 2.26. The van der Waals surface area contributed by atoms with Crippen molar-refractivity contribution >= 4 is 35.8 Å². The number of halogens is 1. The van der Waals surface area contributed by atoms with E-state index in [1.54, 1.807) is 7.11 Å². The van der Waals surface area contributed by atoms with Crippen molar-refractivity contribution in [2.24, 2.45) is 10.9 Å². The number of para-hydroxylation sites is 2. The van der Waals surface area contributed by atoms with Crippen LogP contribution in [0.4, 0.5) is 0 Å². The Balaban J connectivity index is 0.00000512. The van der Waals surface area contributed by atoms with E-state index in [9.17, 15) is 4.79 Å². The number of benzene rings is 1. The van der Waals surface area contributed by atoms with Crippen LogP contribution in [-0.4, -0.2) is 62.2 Å². The number of likely N-dealkylation sites (tertiary alicyclic amines) is 1. The number of methoxy groups -OCH3 is 1. The summed E-state index contributed by atoms with van der Waals surface area (Å²) in [7, 11) is 1.64. The predicted octanol–water partition coefficient (Wildman–Crippen LogP) is 4.06. The van der Waals surface area contributed by atoms with Gasteiger partial charge in [-0.3, -0.25) is 4.79 Å². The SMILES string of the molecule is CCNC(=NCC(C)Oc1ccccc1OC)NC1CCN(C(=O)C(CC)CC)CC1.I. The van der Waals surface area contributed by atoms with Gasteiger partial charge >= 0.3 is 0 Å². The van der Waals surface area contributed by atoms with E-state index in [2.05, 4.69) is 31.4 Å². The van der Waals surface area contributed by atoms with Gasteiger partial charge in [0.05, 0.1) is 13.7 Å². The largest absolute Gasteiger partial charge is 0.493 e. The Kier molecular flexibility index (Phi) is 13.4. The van der Waals surface area contributed by atoms with E-state index in [-0.39, 0.29) is 36.0 Å². The molecule has 182 valence electrons. The Hall–Kier alpha value is -1.71. The summed E-state index contributed by atoms with van der Waals surface area (Å²) in [5, 5.41) is 6.86. The number of aliphatic imine (C=N–C) groups is 1. The van der Waals surface area contributed by atoms with Crippen molar-refractivity contribution in [2.45, 2.75) is 65.5 Å². The molecule has 1 unspecified atom stereocenters. The van der Waals surface area contributed by atoms with Crippen molar-refractivity contribution in [1.29, 1.82) is 0 Å². The Morgan fingerprint density at radius 3 is 2.34 bits per heavy atom. The highest BCUT2D eigenvalue weighted by Crippen LogP contribution is 2.26. The third-order valence-electron chi connectivity index (χ3n) is 5.73. The summed E-state index contributed by atoms with van der Waals surface area (Å²) >= 11 is 0. The van der Waals surface area contributed by atoms with E-state index in [4.69, 9.17) is 14.5 Å². The molecule has 1 aromatic rings. The van der Waals surface area contributed by atoms with Crippen molar-refractivity contribution in [3.8, 4) is 11.5 Å². The number of carbonyl (C=O) groups excluding carboxylic acids is 1. The lowest BCUT2D eigenvalue weighted by Gasteiger charge is -2.35. The smallest absolute Gasteiger partial charge is 0.225 e. The number of hydrogen-bond donors (Lipinski definition) is 2. The molecule has 1 atom stereocenters. The van der Waals surface area contributed by atoms with Gasteiger partial charge in [0.2, 0.25) is 5.91 Å². The summed E-state index contributed by atoms with van der Waals surface area (Å²) in [5.74, 6) is 2.71. The lowest BCUT2D eigenvalue weighted by atomic mass is 9.98. The molecule has 1 aliphatic rings. The fraction of sp³-hybridized carbons (Fsp3) is 0.667. The molecule has 1 saturated heterocycles. The normalized spacial score (nSPS) is 15.7. The number of guanidine groups is 1. The minimum Gasteiger partial charge on any atom is -0.493 e. The van der Waals surface area contributed by atoms with Gasteiger partial charge in [-0.1, -0.05) is 26.0 Å². The van der Waals surface area contributed by atoms with Crippen molar-refractivity contribution in [3.63, 3.8) is 0 Å². The van der Waals surface area contributed by atoms with Gasteiger partial charge in [-0.05, 0) is 51.7 Å². The summed E-state index contributed by atoms with van der Waals surface area (Å²) in [6, 6.07) is 7.95. The maximum absolute atomic E-state index is 12.6. The maximum atomic E-state index is 12.6. The number of rotatable bonds is 10. The Labute approximate surface area is 210 Å². The molecule has 2 N–H and O–H groups in total. The number of amides is 1. The zero-order valence-corrected chi connectivity index (χ0v) is 22.6. The molecule has 1 fully saturated rings. The van der Waals surface area contributed by atoms with Crippen LogP contribution in [0.2, 0.25) is 0 Å². The summed E-state index contributed by atoms with van der Waals surface area (Å²) in [6.45, 7) is 11.2. The molecule has 0 saturated carbocycles. The number of carbonyl (C=O) groups is 1. The van der Waals surface area contributed by atoms with Gasteiger partial charge in [-0.25, -0.2) is 4.99 Å². The van der Waals surface area contributed by atoms with E-state index < -0.39 is 0 Å². The fourth-order valence-electron chi connectivity index (χ4n) is 3.84. The zero-order chi connectivity index (χ0) is 22.6. The van der Waals surface area contributed by atoms with Crippen molar-refractivity contribution in [1.82, 2.24) is 15.5 Å². The molecule has 1 heterocycles. The highest BCUT2D eigenvalue weighted by molar-refractivity contribution is 14.0. The molecule has 2 rings (SSSR count). The average molecular weight is 561 g/mol. The summed E-state index contributed by atoms with van der Waals surface area (Å²) in [5.41, 5.74) is 0. The van der Waals surface area contributed by atoms with Crippen LogP contribution in [0.15, 0.2) is 29.3 Å². The molecule has 0 aromatic heterocycles. The summed E-state index contributed by atoms with van der Waals surface area (Å²) in [4.78, 5) is 19.4. The lowest BCUT2D eigenvalue weighted by molar-refractivity contribution is -0.136. The number of ether oxygens (including phenoxy) is 2. The summed E-state index contributed by atoms with van der Waals surface area (Å²) < 4.78 is 11.4. The molecule has 0 spiro atoms. The van der Waals surface area contributed by atoms with Crippen molar-refractivity contribution in [3.05, 3.63) is 24.3 Å². The molecule has 0 radical (unpaired) electrons. The van der Waals surface area contributed by atoms with Gasteiger partial charge in [-0.2, -0.15) is 0 Å². The fourth-order valence-corrected chi connectivity index (χ4v) is 3.84. The first-order chi connectivity index (χ1) is 15.0. The maximum Gasteiger partial charge on any atom is 0.225 e. The second kappa shape index (κ2) is 15.2. The zero-order valence-electron chi connectivity index (χ0n) is 20.2. The second-order valence-corrected chi connectivity index (χ2v) is 8.06. The van der Waals surface area contributed by atoms with Crippen LogP contribution in [0, 0.1) is 5.92 Å². The van der Waals surface area contributed by atoms with Gasteiger partial charge in [0.1, 0.15) is 6.10 Å². The summed E-state index contributed by atoms with van der Waals surface area (Å²) in [6.07, 6.45) is 3.61. The van der Waals surface area contributed by atoms with Crippen LogP contribution in [0.1, 0.15) is 53.4 Å². The first kappa shape index (κ1) is 28.3. The van der Waals surface area contributed by atoms with E-state index in [0.717, 1.165) is 62.8 Å². The van der Waals surface area contributed by atoms with E-state index in [0.29, 0.717) is 18.5 Å². The second-order valence-electron chi connectivity index (χ2n) is 8.06. The minimum absolute atomic E-state index is 0. The molecule has 32 heavy (non-hydrogen) atoms. The Morgan fingerprint density at radius 1 is 1.16 bits per heavy atom. The molecule has 8 heteroatoms. The molecule has 7 nitrogen and oxygen atoms in total. The van der Waals surface area contributed by atoms with Crippen LogP contribution in [0.5, 0.6) is 11.5 Å². The molecule has 1 aromatic carbocycles. The molecule has 1 amide bonds. The van der Waals surface area contributed by atoms with Gasteiger partial charge in [0.25, 0.3) is 0 Å². The van der Waals surface area contributed by atoms with Gasteiger partial charge in [-0.15, -0.1) is 24.0 Å². The van der Waals surface area contributed by atoms with E-state index >= 15 is 0 Å². The van der Waals surface area contributed by atoms with E-state index in [1.165, 1.54) is 0 Å². The molecule has 0 aliphatic carbocycles. The quantitative estimate of drug-likeness (QED) is 0.257. The van der Waals surface area contributed by atoms with Crippen molar-refractivity contribution in [2.75, 3.05) is 33.3 Å². The average Bonchev–Trinajstić information content (AvgIpc) is 2.79. The molecular formula is C24H41IN4O3. The van der Waals surface area contributed by atoms with E-state index in [1.807, 2.05) is 36.1 Å². The van der Waals surface area contributed by atoms with Gasteiger partial charge < -0.3 is 25.0 Å². The molecular weight excluding hydrogens is 519 g/mol. The Bertz CT molecular complexity index is 704. The van der Waals surface area contributed by atoms with Crippen LogP contribution >= 0.6 is 24.0 Å². The van der Waals surface area contributed by atoms with Gasteiger partial charge in [0, 0.05) is 31.6 Å². The van der Waals surface area contributed by atoms with Crippen LogP contribution in [-0.2, 0) is 4.79 Å². The minimum atomic E-state index is -0.0914. The standard InChI is InChI=1S/C24H40N4O3.HI/c1-6-19(7-2)23(29)28-15-13-20(14-16-28)27-24(25-8-3)26-17-18(4)31-22-12-10-9-11-21(22)30-5;/h9-12,18-20H,6-8,13-17H2,1-5H3,(H2,25,26,27);1H. The lowest BCUT2D eigenvalue weighted by Crippen LogP contribution is -2.50. The number of piperidine rings is 1. The van der Waals surface area contributed by atoms with Crippen LogP contribution in [0.3, 0.4) is 0 Å². The number of nitrogens with one attached hydrogen (secondary N) is 2. The van der Waals surface area contributed by atoms with Crippen molar-refractivity contribution < 1.29 is 14.3 Å². The number of nitrogens with zero attached hydrogens (tertiary/aromatic N) is 2. The third-order valence-corrected chi connectivity index (χ3v) is 5.73.